The Bertz CT molecular complexity index is 188. The Morgan fingerprint density at radius 2 is 1.93 bits per heavy atom. The third-order valence-electron chi connectivity index (χ3n) is 3.58. The smallest absolute Gasteiger partial charge is 0.0695 e. The maximum Gasteiger partial charge on any atom is 0.0695 e. The van der Waals surface area contributed by atoms with Gasteiger partial charge in [-0.25, -0.2) is 0 Å². The Morgan fingerprint density at radius 3 is 2.50 bits per heavy atom. The van der Waals surface area contributed by atoms with Crippen LogP contribution in [0.2, 0.25) is 0 Å². The molecule has 1 heterocycles. The summed E-state index contributed by atoms with van der Waals surface area (Å²) in [6.07, 6.45) is 3.73. The lowest BCUT2D eigenvalue weighted by Gasteiger charge is -2.39. The van der Waals surface area contributed by atoms with Gasteiger partial charge in [0.25, 0.3) is 0 Å². The van der Waals surface area contributed by atoms with Crippen LogP contribution < -0.4 is 0 Å². The summed E-state index contributed by atoms with van der Waals surface area (Å²) in [6.45, 7) is 3.97. The van der Waals surface area contributed by atoms with Gasteiger partial charge in [-0.15, -0.1) is 0 Å². The summed E-state index contributed by atoms with van der Waals surface area (Å²) in [6, 6.07) is 0.312. The van der Waals surface area contributed by atoms with Crippen LogP contribution in [-0.4, -0.2) is 46.5 Å². The molecule has 14 heavy (non-hydrogen) atoms. The maximum atomic E-state index is 9.79. The molecule has 0 amide bonds. The molecular formula is C11H21NO2. The zero-order chi connectivity index (χ0) is 10.1. The first-order chi connectivity index (χ1) is 6.66. The minimum atomic E-state index is -0.188. The first-order valence-electron chi connectivity index (χ1n) is 5.77. The lowest BCUT2D eigenvalue weighted by molar-refractivity contribution is -0.00853. The van der Waals surface area contributed by atoms with Gasteiger partial charge in [0.05, 0.1) is 12.2 Å². The zero-order valence-electron chi connectivity index (χ0n) is 8.89. The molecule has 2 N–H and O–H groups in total. The van der Waals surface area contributed by atoms with Crippen molar-refractivity contribution in [3.8, 4) is 0 Å². The number of β-amino-alcohol motifs (C(OH)–C–C–N with tert-alkyl or cyclic N) is 1. The highest BCUT2D eigenvalue weighted by Gasteiger charge is 2.34. The highest BCUT2D eigenvalue weighted by Crippen LogP contribution is 2.28. The predicted octanol–water partition coefficient (Wildman–Crippen LogP) is 0.603. The van der Waals surface area contributed by atoms with Crippen molar-refractivity contribution in [3.05, 3.63) is 0 Å². The molecule has 2 aliphatic rings. The standard InChI is InChI=1S/C11H21NO2/c1-8-5-9(13)7-12(6-8)10-3-2-4-11(10)14/h8-11,13-14H,2-7H2,1H3/t8?,9?,10-,11-/m1/s1. The molecule has 0 bridgehead atoms. The number of likely N-dealkylation sites (tertiary alicyclic amines) is 1. The molecular weight excluding hydrogens is 178 g/mol. The van der Waals surface area contributed by atoms with Crippen LogP contribution in [0.4, 0.5) is 0 Å². The van der Waals surface area contributed by atoms with E-state index < -0.39 is 0 Å². The number of nitrogens with zero attached hydrogens (tertiary/aromatic N) is 1. The second kappa shape index (κ2) is 4.17. The Balaban J connectivity index is 1.95. The zero-order valence-corrected chi connectivity index (χ0v) is 8.89. The average Bonchev–Trinajstić information content (AvgIpc) is 2.49. The van der Waals surface area contributed by atoms with Gasteiger partial charge in [0, 0.05) is 19.1 Å². The van der Waals surface area contributed by atoms with Gasteiger partial charge in [0.2, 0.25) is 0 Å². The van der Waals surface area contributed by atoms with Crippen molar-refractivity contribution in [2.24, 2.45) is 5.92 Å². The van der Waals surface area contributed by atoms with Crippen molar-refractivity contribution < 1.29 is 10.2 Å². The number of rotatable bonds is 1. The van der Waals surface area contributed by atoms with Crippen molar-refractivity contribution in [1.82, 2.24) is 4.90 Å². The maximum absolute atomic E-state index is 9.79. The van der Waals surface area contributed by atoms with Crippen LogP contribution in [0.3, 0.4) is 0 Å². The van der Waals surface area contributed by atoms with E-state index in [1.165, 1.54) is 0 Å². The fourth-order valence-corrected chi connectivity index (χ4v) is 2.98. The first-order valence-corrected chi connectivity index (χ1v) is 5.77. The largest absolute Gasteiger partial charge is 0.392 e. The third-order valence-corrected chi connectivity index (χ3v) is 3.58. The lowest BCUT2D eigenvalue weighted by atomic mass is 9.96. The van der Waals surface area contributed by atoms with Gasteiger partial charge in [0.15, 0.2) is 0 Å². The van der Waals surface area contributed by atoms with Crippen LogP contribution in [0, 0.1) is 5.92 Å². The lowest BCUT2D eigenvalue weighted by Crippen LogP contribution is -2.50. The minimum Gasteiger partial charge on any atom is -0.392 e. The van der Waals surface area contributed by atoms with Crippen molar-refractivity contribution in [2.75, 3.05) is 13.1 Å². The van der Waals surface area contributed by atoms with Gasteiger partial charge in [-0.2, -0.15) is 0 Å². The molecule has 1 saturated carbocycles. The molecule has 4 atom stereocenters. The van der Waals surface area contributed by atoms with E-state index in [1.807, 2.05) is 0 Å². The Kier molecular flexibility index (Phi) is 3.10. The van der Waals surface area contributed by atoms with E-state index in [0.717, 1.165) is 38.8 Å². The number of aliphatic hydroxyl groups excluding tert-OH is 2. The molecule has 0 aromatic rings. The number of piperidine rings is 1. The van der Waals surface area contributed by atoms with Crippen LogP contribution in [-0.2, 0) is 0 Å². The molecule has 2 fully saturated rings. The molecule has 1 aliphatic carbocycles. The van der Waals surface area contributed by atoms with E-state index in [0.29, 0.717) is 12.0 Å². The van der Waals surface area contributed by atoms with E-state index in [4.69, 9.17) is 0 Å². The molecule has 0 spiro atoms. The summed E-state index contributed by atoms with van der Waals surface area (Å²) in [5.41, 5.74) is 0. The van der Waals surface area contributed by atoms with Crippen molar-refractivity contribution in [2.45, 2.75) is 50.9 Å². The predicted molar refractivity (Wildman–Crippen MR) is 55.0 cm³/mol. The average molecular weight is 199 g/mol. The third kappa shape index (κ3) is 2.10. The van der Waals surface area contributed by atoms with E-state index in [2.05, 4.69) is 11.8 Å². The summed E-state index contributed by atoms with van der Waals surface area (Å²) >= 11 is 0. The molecule has 3 heteroatoms. The van der Waals surface area contributed by atoms with Crippen molar-refractivity contribution >= 4 is 0 Å². The van der Waals surface area contributed by atoms with Crippen LogP contribution in [0.1, 0.15) is 32.6 Å². The SMILES string of the molecule is CC1CC(O)CN([C@@H]2CCC[C@H]2O)C1. The summed E-state index contributed by atoms with van der Waals surface area (Å²) in [5.74, 6) is 0.562. The summed E-state index contributed by atoms with van der Waals surface area (Å²) in [7, 11) is 0. The molecule has 0 radical (unpaired) electrons. The topological polar surface area (TPSA) is 43.7 Å². The van der Waals surface area contributed by atoms with E-state index in [-0.39, 0.29) is 12.2 Å². The minimum absolute atomic E-state index is 0.160. The van der Waals surface area contributed by atoms with E-state index >= 15 is 0 Å². The molecule has 2 rings (SSSR count). The summed E-state index contributed by atoms with van der Waals surface area (Å²) < 4.78 is 0. The van der Waals surface area contributed by atoms with Crippen molar-refractivity contribution in [3.63, 3.8) is 0 Å². The molecule has 0 aromatic heterocycles. The highest BCUT2D eigenvalue weighted by molar-refractivity contribution is 4.89. The fraction of sp³-hybridized carbons (Fsp3) is 1.00. The van der Waals surface area contributed by atoms with Gasteiger partial charge < -0.3 is 10.2 Å². The second-order valence-corrected chi connectivity index (χ2v) is 5.01. The highest BCUT2D eigenvalue weighted by atomic mass is 16.3. The number of hydrogen-bond acceptors (Lipinski definition) is 3. The van der Waals surface area contributed by atoms with Gasteiger partial charge in [-0.3, -0.25) is 4.90 Å². The Morgan fingerprint density at radius 1 is 1.14 bits per heavy atom. The van der Waals surface area contributed by atoms with Crippen LogP contribution in [0.5, 0.6) is 0 Å². The van der Waals surface area contributed by atoms with Crippen LogP contribution in [0.25, 0.3) is 0 Å². The van der Waals surface area contributed by atoms with Crippen LogP contribution >= 0.6 is 0 Å². The second-order valence-electron chi connectivity index (χ2n) is 5.01. The molecule has 1 aliphatic heterocycles. The molecule has 1 saturated heterocycles. The quantitative estimate of drug-likeness (QED) is 0.650. The first kappa shape index (κ1) is 10.4. The van der Waals surface area contributed by atoms with E-state index in [1.54, 1.807) is 0 Å². The summed E-state index contributed by atoms with van der Waals surface area (Å²) in [4.78, 5) is 2.29. The van der Waals surface area contributed by atoms with Gasteiger partial charge in [-0.05, 0) is 31.6 Å². The fourth-order valence-electron chi connectivity index (χ4n) is 2.98. The molecule has 3 nitrogen and oxygen atoms in total. The summed E-state index contributed by atoms with van der Waals surface area (Å²) in [5, 5.41) is 19.5. The number of hydrogen-bond donors (Lipinski definition) is 2. The Labute approximate surface area is 85.7 Å². The van der Waals surface area contributed by atoms with E-state index in [9.17, 15) is 10.2 Å². The number of aliphatic hydroxyl groups is 2. The Hall–Kier alpha value is -0.120. The normalized spacial score (nSPS) is 45.6. The van der Waals surface area contributed by atoms with Crippen LogP contribution in [0.15, 0.2) is 0 Å². The van der Waals surface area contributed by atoms with Crippen molar-refractivity contribution in [1.29, 1.82) is 0 Å². The monoisotopic (exact) mass is 199 g/mol. The van der Waals surface area contributed by atoms with Gasteiger partial charge in [-0.1, -0.05) is 6.92 Å². The molecule has 82 valence electrons. The molecule has 0 aromatic carbocycles. The molecule has 2 unspecified atom stereocenters. The van der Waals surface area contributed by atoms with Gasteiger partial charge in [0.1, 0.15) is 0 Å². The van der Waals surface area contributed by atoms with Gasteiger partial charge >= 0.3 is 0 Å².